The molecule has 4 heterocycles. The summed E-state index contributed by atoms with van der Waals surface area (Å²) in [4.78, 5) is 34.1. The third-order valence-electron chi connectivity index (χ3n) is 18.7. The normalized spacial score (nSPS) is 37.1. The Bertz CT molecular complexity index is 2370. The van der Waals surface area contributed by atoms with Gasteiger partial charge in [0, 0.05) is 72.9 Å². The predicted molar refractivity (Wildman–Crippen MR) is 250 cm³/mol. The number of Topliss-reactive ketones (excluding diaryl/α,β-unsaturated/α-hetero) is 2. The topological polar surface area (TPSA) is 126 Å². The number of rotatable bonds is 12. The SMILES string of the molecule is CC=c1c(Cc2cc(C)cc(C3CCOCC3)c2)c2c(n1CC1C3=C(C(C)CC(O)C4OC4(C)C)C(=O)CC3(C)C3(C)CCC4C(C)(CCNC)C(=O)CCC4(C)C3C1O)=CC=N2. The number of fused-ring (bicyclic) bond motifs is 6. The van der Waals surface area contributed by atoms with Crippen LogP contribution < -0.4 is 16.0 Å². The molecule has 0 amide bonds. The number of aromatic nitrogens is 1. The van der Waals surface area contributed by atoms with E-state index in [1.807, 2.05) is 27.1 Å². The van der Waals surface area contributed by atoms with E-state index in [0.717, 1.165) is 92.2 Å². The number of carbonyl (C=O) groups excluding carboxylic acids is 2. The molecule has 1 aromatic heterocycles. The Morgan fingerprint density at radius 2 is 1.78 bits per heavy atom. The lowest BCUT2D eigenvalue weighted by Gasteiger charge is -2.70. The van der Waals surface area contributed by atoms with Crippen LogP contribution in [0.5, 0.6) is 0 Å². The summed E-state index contributed by atoms with van der Waals surface area (Å²) in [5, 5.41) is 30.7. The van der Waals surface area contributed by atoms with E-state index in [4.69, 9.17) is 14.5 Å². The van der Waals surface area contributed by atoms with Crippen molar-refractivity contribution in [3.05, 3.63) is 62.3 Å². The highest BCUT2D eigenvalue weighted by Crippen LogP contribution is 2.75. The molecule has 3 saturated carbocycles. The number of hydrogen-bond acceptors (Lipinski definition) is 8. The maximum absolute atomic E-state index is 15.0. The van der Waals surface area contributed by atoms with Gasteiger partial charge in [0.05, 0.1) is 28.8 Å². The first-order chi connectivity index (χ1) is 29.8. The van der Waals surface area contributed by atoms with Gasteiger partial charge < -0.3 is 29.6 Å². The smallest absolute Gasteiger partial charge is 0.160 e. The van der Waals surface area contributed by atoms with E-state index in [9.17, 15) is 19.8 Å². The maximum Gasteiger partial charge on any atom is 0.160 e. The molecule has 3 N–H and O–H groups in total. The fraction of sp³-hybridized carbons (Fsp3) is 0.685. The Labute approximate surface area is 375 Å². The van der Waals surface area contributed by atoms with Gasteiger partial charge in [0.25, 0.3) is 0 Å². The van der Waals surface area contributed by atoms with Crippen LogP contribution in [0.1, 0.15) is 141 Å². The number of aliphatic imine (C=N–C) groups is 1. The number of nitrogens with one attached hydrogen (secondary N) is 1. The molecule has 11 atom stereocenters. The van der Waals surface area contributed by atoms with E-state index in [0.29, 0.717) is 37.5 Å². The first kappa shape index (κ1) is 45.0. The highest BCUT2D eigenvalue weighted by molar-refractivity contribution is 6.01. The van der Waals surface area contributed by atoms with Gasteiger partial charge >= 0.3 is 0 Å². The van der Waals surface area contributed by atoms with Crippen molar-refractivity contribution in [2.24, 2.45) is 50.3 Å². The monoisotopic (exact) mass is 862 g/mol. The molecule has 0 spiro atoms. The van der Waals surface area contributed by atoms with E-state index in [1.165, 1.54) is 22.3 Å². The highest BCUT2D eigenvalue weighted by atomic mass is 16.6. The minimum atomic E-state index is -0.760. The van der Waals surface area contributed by atoms with Crippen molar-refractivity contribution < 1.29 is 29.3 Å². The molecule has 2 saturated heterocycles. The van der Waals surface area contributed by atoms with Crippen LogP contribution in [0.3, 0.4) is 0 Å². The average Bonchev–Trinajstić information content (AvgIpc) is 3.48. The van der Waals surface area contributed by atoms with Crippen LogP contribution >= 0.6 is 0 Å². The zero-order chi connectivity index (χ0) is 45.0. The number of ketones is 2. The molecule has 342 valence electrons. The molecule has 9 heteroatoms. The molecule has 0 bridgehead atoms. The quantitative estimate of drug-likeness (QED) is 0.190. The fourth-order valence-electron chi connectivity index (χ4n) is 15.4. The van der Waals surface area contributed by atoms with E-state index in [1.54, 1.807) is 0 Å². The lowest BCUT2D eigenvalue weighted by molar-refractivity contribution is -0.222. The summed E-state index contributed by atoms with van der Waals surface area (Å²) in [6, 6.07) is 7.06. The van der Waals surface area contributed by atoms with Gasteiger partial charge in [-0.3, -0.25) is 14.6 Å². The molecule has 2 aromatic rings. The van der Waals surface area contributed by atoms with E-state index in [-0.39, 0.29) is 46.6 Å². The molecule has 1 aromatic carbocycles. The second-order valence-electron chi connectivity index (χ2n) is 22.6. The molecule has 0 radical (unpaired) electrons. The Morgan fingerprint density at radius 1 is 1.05 bits per heavy atom. The van der Waals surface area contributed by atoms with E-state index < -0.39 is 28.5 Å². The Morgan fingerprint density at radius 3 is 2.46 bits per heavy atom. The molecular weight excluding hydrogens is 787 g/mol. The lowest BCUT2D eigenvalue weighted by atomic mass is 9.34. The van der Waals surface area contributed by atoms with Gasteiger partial charge in [-0.1, -0.05) is 64.5 Å². The number of nitrogens with zero attached hydrogens (tertiary/aromatic N) is 2. The molecule has 9 rings (SSSR count). The second-order valence-corrected chi connectivity index (χ2v) is 22.6. The van der Waals surface area contributed by atoms with Crippen molar-refractivity contribution in [2.45, 2.75) is 163 Å². The van der Waals surface area contributed by atoms with Gasteiger partial charge in [-0.15, -0.1) is 0 Å². The van der Waals surface area contributed by atoms with Crippen LogP contribution in [0.15, 0.2) is 34.3 Å². The average molecular weight is 862 g/mol. The number of hydrogen-bond donors (Lipinski definition) is 3. The number of allylic oxidation sites excluding steroid dienone is 1. The standard InChI is InChI=1S/C54H75N3O6/c1-11-38-36(28-33-24-31(2)25-35(27-33)34-15-22-62-23-16-34)46-39(14-20-56-46)57(38)30-37-45-44(32(3)26-40(58)49-50(4,5)63-49)41(59)29-54(45,9)53(8)18-12-42-51(6,19-21-55-10)43(60)13-17-52(42,7)48(53)47(37)61/h11,14,20,24-25,27,32,34,37,40,42,47-49,55,58,61H,12-13,15-19,21-23,26,28-30H2,1-10H3. The first-order valence-electron chi connectivity index (χ1n) is 24.4. The lowest BCUT2D eigenvalue weighted by Crippen LogP contribution is -2.68. The molecule has 7 aliphatic rings. The summed E-state index contributed by atoms with van der Waals surface area (Å²) in [6.07, 6.45) is 12.0. The number of epoxide rings is 1. The van der Waals surface area contributed by atoms with Crippen LogP contribution in [-0.2, 0) is 32.0 Å². The first-order valence-corrected chi connectivity index (χ1v) is 24.4. The van der Waals surface area contributed by atoms with Gasteiger partial charge in [0.2, 0.25) is 0 Å². The van der Waals surface area contributed by atoms with Gasteiger partial charge in [-0.05, 0) is 149 Å². The molecular formula is C54H75N3O6. The summed E-state index contributed by atoms with van der Waals surface area (Å²) < 4.78 is 14.0. The number of carbonyl (C=O) groups is 2. The van der Waals surface area contributed by atoms with Gasteiger partial charge in [-0.2, -0.15) is 0 Å². The largest absolute Gasteiger partial charge is 0.392 e. The van der Waals surface area contributed by atoms with Gasteiger partial charge in [0.1, 0.15) is 11.9 Å². The Hall–Kier alpha value is -3.21. The number of ether oxygens (including phenoxy) is 2. The van der Waals surface area contributed by atoms with Crippen molar-refractivity contribution in [1.82, 2.24) is 9.88 Å². The summed E-state index contributed by atoms with van der Waals surface area (Å²) >= 11 is 0. The number of aliphatic hydroxyl groups excluding tert-OH is 2. The molecule has 11 unspecified atom stereocenters. The summed E-state index contributed by atoms with van der Waals surface area (Å²) in [6.45, 7) is 22.6. The van der Waals surface area contributed by atoms with Crippen molar-refractivity contribution >= 4 is 35.6 Å². The van der Waals surface area contributed by atoms with Gasteiger partial charge in [-0.25, -0.2) is 0 Å². The molecule has 4 aliphatic carbocycles. The van der Waals surface area contributed by atoms with Crippen LogP contribution in [0.2, 0.25) is 0 Å². The van der Waals surface area contributed by atoms with Crippen molar-refractivity contribution in [1.29, 1.82) is 0 Å². The van der Waals surface area contributed by atoms with E-state index >= 15 is 0 Å². The molecule has 9 nitrogen and oxygen atoms in total. The summed E-state index contributed by atoms with van der Waals surface area (Å²) in [5.74, 6) is 0.418. The minimum absolute atomic E-state index is 0.124. The Balaban J connectivity index is 1.17. The van der Waals surface area contributed by atoms with Crippen LogP contribution in [0.4, 0.5) is 5.69 Å². The Kier molecular flexibility index (Phi) is 11.4. The van der Waals surface area contributed by atoms with Crippen molar-refractivity contribution in [2.75, 3.05) is 26.8 Å². The zero-order valence-corrected chi connectivity index (χ0v) is 39.9. The number of aliphatic hydroxyl groups is 2. The van der Waals surface area contributed by atoms with Crippen molar-refractivity contribution in [3.63, 3.8) is 0 Å². The number of aryl methyl sites for hydroxylation is 1. The number of benzene rings is 1. The minimum Gasteiger partial charge on any atom is -0.392 e. The zero-order valence-electron chi connectivity index (χ0n) is 39.9. The maximum atomic E-state index is 15.0. The molecule has 5 fully saturated rings. The second kappa shape index (κ2) is 16.0. The highest BCUT2D eigenvalue weighted by Gasteiger charge is 2.72. The van der Waals surface area contributed by atoms with Crippen LogP contribution in [0.25, 0.3) is 12.2 Å². The third kappa shape index (κ3) is 6.98. The van der Waals surface area contributed by atoms with Crippen molar-refractivity contribution in [3.8, 4) is 0 Å². The van der Waals surface area contributed by atoms with Crippen LogP contribution in [0, 0.1) is 52.3 Å². The molecule has 3 aliphatic heterocycles. The summed E-state index contributed by atoms with van der Waals surface area (Å²) in [7, 11) is 1.96. The van der Waals surface area contributed by atoms with Crippen LogP contribution in [-0.4, -0.2) is 83.3 Å². The van der Waals surface area contributed by atoms with E-state index in [2.05, 4.69) is 88.7 Å². The predicted octanol–water partition coefficient (Wildman–Crippen LogP) is 7.43. The third-order valence-corrected chi connectivity index (χ3v) is 18.7. The fourth-order valence-corrected chi connectivity index (χ4v) is 15.4. The summed E-state index contributed by atoms with van der Waals surface area (Å²) in [5.41, 5.74) is 5.94. The molecule has 63 heavy (non-hydrogen) atoms. The van der Waals surface area contributed by atoms with Gasteiger partial charge in [0.15, 0.2) is 5.78 Å².